The normalized spacial score (nSPS) is 24.1. The van der Waals surface area contributed by atoms with Crippen molar-refractivity contribution in [3.8, 4) is 0 Å². The summed E-state index contributed by atoms with van der Waals surface area (Å²) >= 11 is 0. The van der Waals surface area contributed by atoms with Gasteiger partial charge in [0.05, 0.1) is 4.90 Å². The Bertz CT molecular complexity index is 557. The van der Waals surface area contributed by atoms with Crippen LogP contribution in [0.3, 0.4) is 0 Å². The number of nitrogens with one attached hydrogen (secondary N) is 1. The van der Waals surface area contributed by atoms with Gasteiger partial charge >= 0.3 is 0 Å². The van der Waals surface area contributed by atoms with Gasteiger partial charge < -0.3 is 10.2 Å². The van der Waals surface area contributed by atoms with Gasteiger partial charge in [-0.3, -0.25) is 0 Å². The van der Waals surface area contributed by atoms with E-state index < -0.39 is 10.0 Å². The van der Waals surface area contributed by atoms with E-state index in [9.17, 15) is 8.42 Å². The van der Waals surface area contributed by atoms with Gasteiger partial charge in [-0.2, -0.15) is 0 Å². The molecule has 0 aliphatic carbocycles. The van der Waals surface area contributed by atoms with Crippen LogP contribution < -0.4 is 10.5 Å². The van der Waals surface area contributed by atoms with E-state index in [1.165, 1.54) is 12.8 Å². The summed E-state index contributed by atoms with van der Waals surface area (Å²) in [6.07, 6.45) is 3.26. The number of nitrogens with zero attached hydrogens (tertiary/aromatic N) is 1. The van der Waals surface area contributed by atoms with Crippen LogP contribution >= 0.6 is 0 Å². The van der Waals surface area contributed by atoms with Crippen LogP contribution in [0.5, 0.6) is 0 Å². The molecule has 5 nitrogen and oxygen atoms in total. The predicted molar refractivity (Wildman–Crippen MR) is 84.6 cm³/mol. The van der Waals surface area contributed by atoms with Crippen LogP contribution in [0.1, 0.15) is 25.3 Å². The second kappa shape index (κ2) is 6.87. The third-order valence-electron chi connectivity index (χ3n) is 4.31. The average Bonchev–Trinajstić information content (AvgIpc) is 2.42. The summed E-state index contributed by atoms with van der Waals surface area (Å²) in [6.45, 7) is 4.32. The Kier molecular flexibility index (Phi) is 5.37. The number of sulfonamides is 1. The smallest absolute Gasteiger partial charge is 0.238 e. The highest BCUT2D eigenvalue weighted by Crippen LogP contribution is 2.15. The molecule has 2 unspecified atom stereocenters. The van der Waals surface area contributed by atoms with Crippen molar-refractivity contribution in [2.24, 2.45) is 5.14 Å². The minimum atomic E-state index is -3.59. The molecule has 1 heterocycles. The topological polar surface area (TPSA) is 75.4 Å². The van der Waals surface area contributed by atoms with E-state index in [-0.39, 0.29) is 4.90 Å². The molecule has 1 aliphatic rings. The van der Waals surface area contributed by atoms with Crippen molar-refractivity contribution in [2.75, 3.05) is 20.1 Å². The van der Waals surface area contributed by atoms with E-state index in [0.717, 1.165) is 25.1 Å². The second-order valence-corrected chi connectivity index (χ2v) is 7.51. The van der Waals surface area contributed by atoms with Crippen LogP contribution in [-0.2, 0) is 16.4 Å². The zero-order valence-electron chi connectivity index (χ0n) is 12.7. The Labute approximate surface area is 127 Å². The molecule has 1 saturated heterocycles. The lowest BCUT2D eigenvalue weighted by Gasteiger charge is -2.35. The fourth-order valence-electron chi connectivity index (χ4n) is 2.74. The molecule has 0 radical (unpaired) electrons. The Balaban J connectivity index is 1.79. The first-order valence-corrected chi connectivity index (χ1v) is 8.96. The maximum absolute atomic E-state index is 11.2. The van der Waals surface area contributed by atoms with Gasteiger partial charge in [0, 0.05) is 12.1 Å². The molecule has 118 valence electrons. The molecule has 0 spiro atoms. The van der Waals surface area contributed by atoms with Crippen molar-refractivity contribution < 1.29 is 8.42 Å². The number of benzene rings is 1. The molecule has 2 atom stereocenters. The summed E-state index contributed by atoms with van der Waals surface area (Å²) in [5, 5.41) is 8.68. The van der Waals surface area contributed by atoms with Crippen LogP contribution in [-0.4, -0.2) is 45.5 Å². The van der Waals surface area contributed by atoms with Gasteiger partial charge in [0.25, 0.3) is 0 Å². The first-order chi connectivity index (χ1) is 9.86. The van der Waals surface area contributed by atoms with Crippen molar-refractivity contribution in [3.05, 3.63) is 29.8 Å². The highest BCUT2D eigenvalue weighted by atomic mass is 32.2. The van der Waals surface area contributed by atoms with Gasteiger partial charge in [0.15, 0.2) is 0 Å². The number of nitrogens with two attached hydrogens (primary N) is 1. The predicted octanol–water partition coefficient (Wildman–Crippen LogP) is 0.949. The summed E-state index contributed by atoms with van der Waals surface area (Å²) in [5.74, 6) is 0. The Hall–Kier alpha value is -0.950. The third-order valence-corrected chi connectivity index (χ3v) is 5.24. The molecule has 0 aromatic heterocycles. The van der Waals surface area contributed by atoms with Gasteiger partial charge in [0.1, 0.15) is 0 Å². The lowest BCUT2D eigenvalue weighted by atomic mass is 9.99. The summed E-state index contributed by atoms with van der Waals surface area (Å²) < 4.78 is 22.4. The van der Waals surface area contributed by atoms with E-state index >= 15 is 0 Å². The third kappa shape index (κ3) is 4.78. The summed E-state index contributed by atoms with van der Waals surface area (Å²) in [7, 11) is -1.41. The Morgan fingerprint density at radius 3 is 2.57 bits per heavy atom. The first kappa shape index (κ1) is 16.4. The molecule has 3 N–H and O–H groups in total. The van der Waals surface area contributed by atoms with E-state index in [1.54, 1.807) is 12.1 Å². The molecular formula is C15H25N3O2S. The molecule has 1 fully saturated rings. The molecule has 2 rings (SSSR count). The number of hydrogen-bond acceptors (Lipinski definition) is 4. The van der Waals surface area contributed by atoms with Crippen LogP contribution in [0, 0.1) is 0 Å². The molecule has 6 heteroatoms. The van der Waals surface area contributed by atoms with E-state index in [4.69, 9.17) is 5.14 Å². The van der Waals surface area contributed by atoms with Crippen molar-refractivity contribution in [2.45, 2.75) is 43.2 Å². The van der Waals surface area contributed by atoms with Crippen molar-refractivity contribution in [1.82, 2.24) is 10.2 Å². The van der Waals surface area contributed by atoms with E-state index in [2.05, 4.69) is 24.2 Å². The Morgan fingerprint density at radius 1 is 1.33 bits per heavy atom. The minimum absolute atomic E-state index is 0.170. The number of piperidine rings is 1. The van der Waals surface area contributed by atoms with Crippen LogP contribution in [0.2, 0.25) is 0 Å². The maximum atomic E-state index is 11.2. The molecule has 1 aromatic rings. The maximum Gasteiger partial charge on any atom is 0.238 e. The van der Waals surface area contributed by atoms with Gasteiger partial charge in [-0.1, -0.05) is 12.1 Å². The lowest BCUT2D eigenvalue weighted by molar-refractivity contribution is 0.169. The first-order valence-electron chi connectivity index (χ1n) is 7.41. The lowest BCUT2D eigenvalue weighted by Crippen LogP contribution is -2.46. The quantitative estimate of drug-likeness (QED) is 0.849. The molecule has 0 saturated carbocycles. The minimum Gasteiger partial charge on any atom is -0.314 e. The van der Waals surface area contributed by atoms with Gasteiger partial charge in [-0.15, -0.1) is 0 Å². The number of hydrogen-bond donors (Lipinski definition) is 2. The molecule has 1 aliphatic heterocycles. The summed E-state index contributed by atoms with van der Waals surface area (Å²) in [5.41, 5.74) is 1.12. The number of likely N-dealkylation sites (tertiary alicyclic amines) is 1. The van der Waals surface area contributed by atoms with Crippen LogP contribution in [0.25, 0.3) is 0 Å². The Morgan fingerprint density at radius 2 is 2.00 bits per heavy atom. The molecule has 1 aromatic carbocycles. The van der Waals surface area contributed by atoms with Gasteiger partial charge in [-0.05, 0) is 64.0 Å². The second-order valence-electron chi connectivity index (χ2n) is 5.94. The zero-order valence-corrected chi connectivity index (χ0v) is 13.6. The SMILES string of the molecule is CC1CC(NCCc2ccc(S(N)(=O)=O)cc2)CCN1C. The highest BCUT2D eigenvalue weighted by molar-refractivity contribution is 7.89. The fourth-order valence-corrected chi connectivity index (χ4v) is 3.26. The molecule has 21 heavy (non-hydrogen) atoms. The van der Waals surface area contributed by atoms with Crippen LogP contribution in [0.15, 0.2) is 29.2 Å². The van der Waals surface area contributed by atoms with E-state index in [1.807, 2.05) is 12.1 Å². The van der Waals surface area contributed by atoms with Gasteiger partial charge in [-0.25, -0.2) is 13.6 Å². The van der Waals surface area contributed by atoms with Crippen molar-refractivity contribution in [3.63, 3.8) is 0 Å². The summed E-state index contributed by atoms with van der Waals surface area (Å²) in [4.78, 5) is 2.56. The monoisotopic (exact) mass is 311 g/mol. The van der Waals surface area contributed by atoms with E-state index in [0.29, 0.717) is 12.1 Å². The van der Waals surface area contributed by atoms with Crippen LogP contribution in [0.4, 0.5) is 0 Å². The average molecular weight is 311 g/mol. The zero-order chi connectivity index (χ0) is 15.5. The molecule has 0 amide bonds. The number of rotatable bonds is 5. The van der Waals surface area contributed by atoms with Crippen molar-refractivity contribution >= 4 is 10.0 Å². The molecular weight excluding hydrogens is 286 g/mol. The van der Waals surface area contributed by atoms with Gasteiger partial charge in [0.2, 0.25) is 10.0 Å². The number of primary sulfonamides is 1. The standard InChI is InChI=1S/C15H25N3O2S/c1-12-11-14(8-10-18(12)2)17-9-7-13-3-5-15(6-4-13)21(16,19)20/h3-6,12,14,17H,7-11H2,1-2H3,(H2,16,19,20). The molecule has 0 bridgehead atoms. The summed E-state index contributed by atoms with van der Waals surface area (Å²) in [6, 6.07) is 8.02. The van der Waals surface area contributed by atoms with Crippen molar-refractivity contribution in [1.29, 1.82) is 0 Å². The highest BCUT2D eigenvalue weighted by Gasteiger charge is 2.21. The largest absolute Gasteiger partial charge is 0.314 e. The fraction of sp³-hybridized carbons (Fsp3) is 0.600.